The Morgan fingerprint density at radius 1 is 1.31 bits per heavy atom. The second-order valence-corrected chi connectivity index (χ2v) is 3.94. The van der Waals surface area contributed by atoms with Gasteiger partial charge in [0.15, 0.2) is 5.78 Å². The zero-order chi connectivity index (χ0) is 10.6. The highest BCUT2D eigenvalue weighted by atomic mass is 16.5. The van der Waals surface area contributed by atoms with E-state index in [1.807, 2.05) is 0 Å². The number of carbonyl (C=O) groups is 2. The number of Topliss-reactive ketones (excluding diaryl/α,β-unsaturated/α-hetero) is 2. The van der Waals surface area contributed by atoms with E-state index < -0.39 is 5.60 Å². The van der Waals surface area contributed by atoms with E-state index in [4.69, 9.17) is 4.74 Å². The number of methoxy groups -OCH3 is 1. The van der Waals surface area contributed by atoms with Crippen LogP contribution in [-0.4, -0.2) is 24.3 Å². The van der Waals surface area contributed by atoms with Crippen molar-refractivity contribution in [1.82, 2.24) is 0 Å². The number of carbonyl (C=O) groups excluding carboxylic acids is 2. The topological polar surface area (TPSA) is 43.4 Å². The first-order valence-corrected chi connectivity index (χ1v) is 4.42. The van der Waals surface area contributed by atoms with Crippen LogP contribution in [-0.2, 0) is 14.3 Å². The molecule has 0 aromatic carbocycles. The van der Waals surface area contributed by atoms with Gasteiger partial charge in [-0.3, -0.25) is 9.59 Å². The molecule has 0 aliphatic carbocycles. The smallest absolute Gasteiger partial charge is 0.171 e. The molecule has 0 aromatic rings. The predicted octanol–water partition coefficient (Wildman–Crippen LogP) is 1.60. The molecule has 0 atom stereocenters. The molecule has 0 spiro atoms. The van der Waals surface area contributed by atoms with E-state index in [1.54, 1.807) is 27.7 Å². The lowest BCUT2D eigenvalue weighted by atomic mass is 9.95. The lowest BCUT2D eigenvalue weighted by molar-refractivity contribution is -0.141. The van der Waals surface area contributed by atoms with Crippen LogP contribution in [0.15, 0.2) is 0 Å². The van der Waals surface area contributed by atoms with Gasteiger partial charge in [-0.15, -0.1) is 0 Å². The Kier molecular flexibility index (Phi) is 4.27. The Balaban J connectivity index is 4.24. The summed E-state index contributed by atoms with van der Waals surface area (Å²) < 4.78 is 4.98. The minimum atomic E-state index is -0.843. The normalized spacial score (nSPS) is 11.8. The van der Waals surface area contributed by atoms with Gasteiger partial charge in [0.05, 0.1) is 6.42 Å². The van der Waals surface area contributed by atoms with Crippen molar-refractivity contribution in [2.45, 2.75) is 39.7 Å². The van der Waals surface area contributed by atoms with E-state index in [1.165, 1.54) is 7.11 Å². The van der Waals surface area contributed by atoms with Gasteiger partial charge < -0.3 is 4.74 Å². The Labute approximate surface area is 79.5 Å². The largest absolute Gasteiger partial charge is 0.371 e. The minimum Gasteiger partial charge on any atom is -0.371 e. The predicted molar refractivity (Wildman–Crippen MR) is 50.6 cm³/mol. The van der Waals surface area contributed by atoms with Gasteiger partial charge in [0.2, 0.25) is 0 Å². The van der Waals surface area contributed by atoms with E-state index in [9.17, 15) is 9.59 Å². The third kappa shape index (κ3) is 3.68. The van der Waals surface area contributed by atoms with Crippen molar-refractivity contribution in [1.29, 1.82) is 0 Å². The molecule has 13 heavy (non-hydrogen) atoms. The third-order valence-corrected chi connectivity index (χ3v) is 2.16. The Morgan fingerprint density at radius 3 is 2.08 bits per heavy atom. The summed E-state index contributed by atoms with van der Waals surface area (Å²) in [6.45, 7) is 6.91. The van der Waals surface area contributed by atoms with Gasteiger partial charge in [-0.2, -0.15) is 0 Å². The first kappa shape index (κ1) is 12.3. The summed E-state index contributed by atoms with van der Waals surface area (Å²) in [5.41, 5.74) is -0.843. The van der Waals surface area contributed by atoms with E-state index in [0.717, 1.165) is 0 Å². The van der Waals surface area contributed by atoms with Crippen molar-refractivity contribution >= 4 is 11.6 Å². The summed E-state index contributed by atoms with van der Waals surface area (Å²) in [6.07, 6.45) is -0.0293. The summed E-state index contributed by atoms with van der Waals surface area (Å²) >= 11 is 0. The standard InChI is InChI=1S/C10H18O3/c1-7(2)8(11)6-9(12)10(3,4)13-5/h7H,6H2,1-5H3. The highest BCUT2D eigenvalue weighted by molar-refractivity contribution is 6.03. The van der Waals surface area contributed by atoms with Crippen molar-refractivity contribution in [2.24, 2.45) is 5.92 Å². The molecular formula is C10H18O3. The Hall–Kier alpha value is -0.700. The van der Waals surface area contributed by atoms with Gasteiger partial charge in [-0.1, -0.05) is 13.8 Å². The zero-order valence-corrected chi connectivity index (χ0v) is 9.01. The molecule has 76 valence electrons. The number of hydrogen-bond donors (Lipinski definition) is 0. The first-order chi connectivity index (χ1) is 5.81. The average Bonchev–Trinajstić information content (AvgIpc) is 2.04. The molecule has 3 nitrogen and oxygen atoms in total. The first-order valence-electron chi connectivity index (χ1n) is 4.42. The van der Waals surface area contributed by atoms with Crippen molar-refractivity contribution in [2.75, 3.05) is 7.11 Å². The van der Waals surface area contributed by atoms with Gasteiger partial charge >= 0.3 is 0 Å². The molecule has 0 N–H and O–H groups in total. The van der Waals surface area contributed by atoms with Gasteiger partial charge in [0.25, 0.3) is 0 Å². The molecule has 0 saturated heterocycles. The molecule has 0 heterocycles. The van der Waals surface area contributed by atoms with Crippen LogP contribution in [0.25, 0.3) is 0 Å². The fourth-order valence-electron chi connectivity index (χ4n) is 0.689. The van der Waals surface area contributed by atoms with E-state index in [-0.39, 0.29) is 23.9 Å². The minimum absolute atomic E-state index is 0.0293. The second-order valence-electron chi connectivity index (χ2n) is 3.94. The fourth-order valence-corrected chi connectivity index (χ4v) is 0.689. The highest BCUT2D eigenvalue weighted by Gasteiger charge is 2.28. The zero-order valence-electron chi connectivity index (χ0n) is 9.01. The van der Waals surface area contributed by atoms with Gasteiger partial charge in [0.1, 0.15) is 11.4 Å². The number of rotatable bonds is 5. The second kappa shape index (κ2) is 4.51. The molecule has 0 saturated carbocycles. The number of hydrogen-bond acceptors (Lipinski definition) is 3. The molecule has 0 bridgehead atoms. The summed E-state index contributed by atoms with van der Waals surface area (Å²) in [4.78, 5) is 22.7. The van der Waals surface area contributed by atoms with Crippen LogP contribution in [0, 0.1) is 5.92 Å². The summed E-state index contributed by atoms with van der Waals surface area (Å²) in [7, 11) is 1.47. The molecule has 0 aromatic heterocycles. The highest BCUT2D eigenvalue weighted by Crippen LogP contribution is 2.13. The molecule has 0 radical (unpaired) electrons. The van der Waals surface area contributed by atoms with Crippen molar-refractivity contribution in [3.8, 4) is 0 Å². The maximum Gasteiger partial charge on any atom is 0.171 e. The molecule has 0 aliphatic rings. The van der Waals surface area contributed by atoms with Crippen LogP contribution in [0.2, 0.25) is 0 Å². The lowest BCUT2D eigenvalue weighted by Gasteiger charge is -2.20. The molecule has 0 aliphatic heterocycles. The van der Waals surface area contributed by atoms with Crippen LogP contribution in [0.1, 0.15) is 34.1 Å². The van der Waals surface area contributed by atoms with Crippen LogP contribution in [0.3, 0.4) is 0 Å². The molecule has 0 rings (SSSR count). The SMILES string of the molecule is COC(C)(C)C(=O)CC(=O)C(C)C. The van der Waals surface area contributed by atoms with Crippen molar-refractivity contribution in [3.63, 3.8) is 0 Å². The number of ketones is 2. The maximum atomic E-state index is 11.5. The molecular weight excluding hydrogens is 168 g/mol. The monoisotopic (exact) mass is 186 g/mol. The quantitative estimate of drug-likeness (QED) is 0.612. The van der Waals surface area contributed by atoms with E-state index >= 15 is 0 Å². The molecule has 3 heteroatoms. The van der Waals surface area contributed by atoms with Crippen molar-refractivity contribution in [3.05, 3.63) is 0 Å². The molecule has 0 amide bonds. The Morgan fingerprint density at radius 2 is 1.77 bits per heavy atom. The van der Waals surface area contributed by atoms with Crippen LogP contribution in [0.4, 0.5) is 0 Å². The Bertz CT molecular complexity index is 204. The summed E-state index contributed by atoms with van der Waals surface area (Å²) in [6, 6.07) is 0. The van der Waals surface area contributed by atoms with Gasteiger partial charge in [-0.25, -0.2) is 0 Å². The summed E-state index contributed by atoms with van der Waals surface area (Å²) in [5, 5.41) is 0. The van der Waals surface area contributed by atoms with Crippen molar-refractivity contribution < 1.29 is 14.3 Å². The fraction of sp³-hybridized carbons (Fsp3) is 0.800. The van der Waals surface area contributed by atoms with E-state index in [2.05, 4.69) is 0 Å². The van der Waals surface area contributed by atoms with Crippen LogP contribution < -0.4 is 0 Å². The molecule has 0 fully saturated rings. The van der Waals surface area contributed by atoms with Crippen LogP contribution >= 0.6 is 0 Å². The number of ether oxygens (including phenoxy) is 1. The van der Waals surface area contributed by atoms with E-state index in [0.29, 0.717) is 0 Å². The molecule has 0 unspecified atom stereocenters. The third-order valence-electron chi connectivity index (χ3n) is 2.16. The van der Waals surface area contributed by atoms with Gasteiger partial charge in [-0.05, 0) is 13.8 Å². The lowest BCUT2D eigenvalue weighted by Crippen LogP contribution is -2.35. The van der Waals surface area contributed by atoms with Gasteiger partial charge in [0, 0.05) is 13.0 Å². The maximum absolute atomic E-state index is 11.5. The average molecular weight is 186 g/mol. The summed E-state index contributed by atoms with van der Waals surface area (Å²) in [5.74, 6) is -0.277. The van der Waals surface area contributed by atoms with Crippen LogP contribution in [0.5, 0.6) is 0 Å².